The van der Waals surface area contributed by atoms with E-state index in [4.69, 9.17) is 4.74 Å². The maximum absolute atomic E-state index is 5.44. The lowest BCUT2D eigenvalue weighted by Crippen LogP contribution is -2.36. The Morgan fingerprint density at radius 3 is 3.00 bits per heavy atom. The molecule has 1 aromatic carbocycles. The molecule has 1 saturated heterocycles. The third-order valence-corrected chi connectivity index (χ3v) is 4.36. The molecule has 1 aliphatic heterocycles. The van der Waals surface area contributed by atoms with Gasteiger partial charge in [0.1, 0.15) is 0 Å². The average molecular weight is 270 g/mol. The van der Waals surface area contributed by atoms with Crippen molar-refractivity contribution < 1.29 is 4.74 Å². The van der Waals surface area contributed by atoms with Crippen LogP contribution < -0.4 is 5.32 Å². The van der Waals surface area contributed by atoms with Crippen LogP contribution in [0.25, 0.3) is 10.8 Å². The van der Waals surface area contributed by atoms with Gasteiger partial charge in [0.05, 0.1) is 0 Å². The minimum atomic E-state index is 0.538. The summed E-state index contributed by atoms with van der Waals surface area (Å²) in [6.07, 6.45) is 6.15. The van der Waals surface area contributed by atoms with Crippen molar-refractivity contribution in [2.45, 2.75) is 32.4 Å². The molecule has 1 aromatic heterocycles. The smallest absolute Gasteiger partial charge is 0.0469 e. The largest absolute Gasteiger partial charge is 0.381 e. The molecule has 0 saturated carbocycles. The first-order chi connectivity index (χ1) is 9.84. The molecule has 0 amide bonds. The van der Waals surface area contributed by atoms with Crippen molar-refractivity contribution >= 4 is 10.8 Å². The van der Waals surface area contributed by atoms with E-state index in [1.807, 2.05) is 12.4 Å². The van der Waals surface area contributed by atoms with Crippen LogP contribution in [0.1, 0.15) is 25.3 Å². The van der Waals surface area contributed by atoms with Crippen molar-refractivity contribution in [1.82, 2.24) is 10.3 Å². The SMILES string of the molecule is CC(NCc1cccc2cnccc12)C1CCOCC1. The first-order valence-corrected chi connectivity index (χ1v) is 7.47. The van der Waals surface area contributed by atoms with Crippen molar-refractivity contribution in [2.24, 2.45) is 5.92 Å². The van der Waals surface area contributed by atoms with Gasteiger partial charge in [-0.2, -0.15) is 0 Å². The molecule has 1 fully saturated rings. The molecule has 1 N–H and O–H groups in total. The normalized spacial score (nSPS) is 18.2. The zero-order valence-corrected chi connectivity index (χ0v) is 12.0. The Balaban J connectivity index is 1.67. The first kappa shape index (κ1) is 13.5. The summed E-state index contributed by atoms with van der Waals surface area (Å²) in [7, 11) is 0. The molecule has 3 nitrogen and oxygen atoms in total. The maximum atomic E-state index is 5.44. The minimum absolute atomic E-state index is 0.538. The Labute approximate surface area is 120 Å². The molecule has 1 aliphatic rings. The summed E-state index contributed by atoms with van der Waals surface area (Å²) in [6, 6.07) is 9.07. The van der Waals surface area contributed by atoms with Gasteiger partial charge in [-0.15, -0.1) is 0 Å². The van der Waals surface area contributed by atoms with E-state index in [0.717, 1.165) is 25.7 Å². The molecular weight excluding hydrogens is 248 g/mol. The molecule has 20 heavy (non-hydrogen) atoms. The number of aromatic nitrogens is 1. The second-order valence-electron chi connectivity index (χ2n) is 5.63. The third kappa shape index (κ3) is 3.00. The lowest BCUT2D eigenvalue weighted by molar-refractivity contribution is 0.0558. The fourth-order valence-corrected chi connectivity index (χ4v) is 3.00. The average Bonchev–Trinajstić information content (AvgIpc) is 2.53. The lowest BCUT2D eigenvalue weighted by Gasteiger charge is -2.28. The minimum Gasteiger partial charge on any atom is -0.381 e. The van der Waals surface area contributed by atoms with E-state index in [2.05, 4.69) is 41.5 Å². The van der Waals surface area contributed by atoms with Crippen LogP contribution in [-0.4, -0.2) is 24.2 Å². The van der Waals surface area contributed by atoms with Gasteiger partial charge < -0.3 is 10.1 Å². The molecule has 0 radical (unpaired) electrons. The van der Waals surface area contributed by atoms with Gasteiger partial charge in [-0.3, -0.25) is 4.98 Å². The van der Waals surface area contributed by atoms with Crippen molar-refractivity contribution in [2.75, 3.05) is 13.2 Å². The highest BCUT2D eigenvalue weighted by Gasteiger charge is 2.19. The van der Waals surface area contributed by atoms with Gasteiger partial charge in [-0.1, -0.05) is 18.2 Å². The molecule has 106 valence electrons. The second kappa shape index (κ2) is 6.33. The lowest BCUT2D eigenvalue weighted by atomic mass is 9.92. The molecular formula is C17H22N2O. The Bertz CT molecular complexity index is 558. The van der Waals surface area contributed by atoms with E-state index in [-0.39, 0.29) is 0 Å². The van der Waals surface area contributed by atoms with Crippen LogP contribution >= 0.6 is 0 Å². The molecule has 1 unspecified atom stereocenters. The molecule has 3 heteroatoms. The van der Waals surface area contributed by atoms with Crippen molar-refractivity contribution in [3.05, 3.63) is 42.2 Å². The zero-order chi connectivity index (χ0) is 13.8. The predicted molar refractivity (Wildman–Crippen MR) is 81.6 cm³/mol. The molecule has 0 aliphatic carbocycles. The number of rotatable bonds is 4. The fraction of sp³-hybridized carbons (Fsp3) is 0.471. The summed E-state index contributed by atoms with van der Waals surface area (Å²) in [6.45, 7) is 5.04. The van der Waals surface area contributed by atoms with Gasteiger partial charge in [-0.25, -0.2) is 0 Å². The molecule has 2 aromatic rings. The van der Waals surface area contributed by atoms with Gasteiger partial charge in [0.15, 0.2) is 0 Å². The van der Waals surface area contributed by atoms with Gasteiger partial charge >= 0.3 is 0 Å². The van der Waals surface area contributed by atoms with E-state index in [0.29, 0.717) is 6.04 Å². The van der Waals surface area contributed by atoms with E-state index < -0.39 is 0 Å². The number of nitrogens with one attached hydrogen (secondary N) is 1. The van der Waals surface area contributed by atoms with E-state index >= 15 is 0 Å². The van der Waals surface area contributed by atoms with Gasteiger partial charge in [0.2, 0.25) is 0 Å². The summed E-state index contributed by atoms with van der Waals surface area (Å²) < 4.78 is 5.44. The Morgan fingerprint density at radius 2 is 2.15 bits per heavy atom. The number of ether oxygens (including phenoxy) is 1. The predicted octanol–water partition coefficient (Wildman–Crippen LogP) is 3.14. The topological polar surface area (TPSA) is 34.2 Å². The van der Waals surface area contributed by atoms with Gasteiger partial charge in [0.25, 0.3) is 0 Å². The number of nitrogens with zero attached hydrogens (tertiary/aromatic N) is 1. The van der Waals surface area contributed by atoms with Gasteiger partial charge in [0, 0.05) is 43.6 Å². The highest BCUT2D eigenvalue weighted by atomic mass is 16.5. The summed E-state index contributed by atoms with van der Waals surface area (Å²) in [5.41, 5.74) is 1.35. The van der Waals surface area contributed by atoms with Crippen molar-refractivity contribution in [1.29, 1.82) is 0 Å². The second-order valence-corrected chi connectivity index (χ2v) is 5.63. The Kier molecular flexibility index (Phi) is 4.28. The Hall–Kier alpha value is -1.45. The summed E-state index contributed by atoms with van der Waals surface area (Å²) in [5, 5.41) is 6.20. The van der Waals surface area contributed by atoms with E-state index in [1.54, 1.807) is 0 Å². The van der Waals surface area contributed by atoms with Crippen LogP contribution in [0.3, 0.4) is 0 Å². The maximum Gasteiger partial charge on any atom is 0.0469 e. The van der Waals surface area contributed by atoms with Crippen LogP contribution in [0.5, 0.6) is 0 Å². The Morgan fingerprint density at radius 1 is 1.30 bits per heavy atom. The number of hydrogen-bond acceptors (Lipinski definition) is 3. The highest BCUT2D eigenvalue weighted by molar-refractivity contribution is 5.84. The number of pyridine rings is 1. The van der Waals surface area contributed by atoms with Crippen LogP contribution in [0, 0.1) is 5.92 Å². The summed E-state index contributed by atoms with van der Waals surface area (Å²) >= 11 is 0. The molecule has 3 rings (SSSR count). The summed E-state index contributed by atoms with van der Waals surface area (Å²) in [4.78, 5) is 4.19. The number of benzene rings is 1. The zero-order valence-electron chi connectivity index (χ0n) is 12.0. The van der Waals surface area contributed by atoms with Crippen LogP contribution in [0.2, 0.25) is 0 Å². The fourth-order valence-electron chi connectivity index (χ4n) is 3.00. The highest BCUT2D eigenvalue weighted by Crippen LogP contribution is 2.21. The molecule has 2 heterocycles. The summed E-state index contributed by atoms with van der Waals surface area (Å²) in [5.74, 6) is 0.736. The van der Waals surface area contributed by atoms with Crippen LogP contribution in [0.15, 0.2) is 36.7 Å². The van der Waals surface area contributed by atoms with Gasteiger partial charge in [-0.05, 0) is 42.7 Å². The van der Waals surface area contributed by atoms with E-state index in [9.17, 15) is 0 Å². The molecule has 1 atom stereocenters. The van der Waals surface area contributed by atoms with Crippen LogP contribution in [0.4, 0.5) is 0 Å². The van der Waals surface area contributed by atoms with E-state index in [1.165, 1.54) is 29.2 Å². The third-order valence-electron chi connectivity index (χ3n) is 4.36. The quantitative estimate of drug-likeness (QED) is 0.926. The first-order valence-electron chi connectivity index (χ1n) is 7.47. The van der Waals surface area contributed by atoms with Crippen molar-refractivity contribution in [3.63, 3.8) is 0 Å². The molecule has 0 spiro atoms. The number of hydrogen-bond donors (Lipinski definition) is 1. The van der Waals surface area contributed by atoms with Crippen molar-refractivity contribution in [3.8, 4) is 0 Å². The number of fused-ring (bicyclic) bond motifs is 1. The standard InChI is InChI=1S/C17H22N2O/c1-13(14-6-9-20-10-7-14)19-12-16-4-2-3-15-11-18-8-5-17(15)16/h2-5,8,11,13-14,19H,6-7,9-10,12H2,1H3. The van der Waals surface area contributed by atoms with Crippen LogP contribution in [-0.2, 0) is 11.3 Å². The molecule has 0 bridgehead atoms. The monoisotopic (exact) mass is 270 g/mol.